The number of nitrogens with zero attached hydrogens (tertiary/aromatic N) is 4. The number of aromatic nitrogens is 3. The van der Waals surface area contributed by atoms with E-state index in [1.54, 1.807) is 42.6 Å². The Hall–Kier alpha value is -3.70. The Morgan fingerprint density at radius 3 is 2.58 bits per heavy atom. The summed E-state index contributed by atoms with van der Waals surface area (Å²) >= 11 is 0. The molecule has 2 N–H and O–H groups in total. The third-order valence-corrected chi connectivity index (χ3v) is 6.43. The maximum absolute atomic E-state index is 12.6. The fourth-order valence-electron chi connectivity index (χ4n) is 3.62. The van der Waals surface area contributed by atoms with Crippen LogP contribution in [0.5, 0.6) is 0 Å². The average Bonchev–Trinajstić information content (AvgIpc) is 3.23. The molecule has 33 heavy (non-hydrogen) atoms. The Labute approximate surface area is 190 Å². The number of fused-ring (bicyclic) bond motifs is 1. The summed E-state index contributed by atoms with van der Waals surface area (Å²) in [6.07, 6.45) is 1.73. The number of para-hydroxylation sites is 1. The molecule has 0 radical (unpaired) electrons. The first-order valence-corrected chi connectivity index (χ1v) is 12.1. The SMILES string of the molecule is O=S(=O)(Cc1noc2ccccc12)Nc1ccc(Nc2cc(N3CCOCC3)cnn2)cc1. The highest BCUT2D eigenvalue weighted by Crippen LogP contribution is 2.23. The van der Waals surface area contributed by atoms with Crippen molar-refractivity contribution in [3.8, 4) is 0 Å². The third kappa shape index (κ3) is 5.04. The minimum atomic E-state index is -3.67. The number of nitrogens with one attached hydrogen (secondary N) is 2. The first kappa shape index (κ1) is 21.2. The van der Waals surface area contributed by atoms with Gasteiger partial charge in [0.1, 0.15) is 11.4 Å². The van der Waals surface area contributed by atoms with Gasteiger partial charge in [0.25, 0.3) is 0 Å². The van der Waals surface area contributed by atoms with Crippen LogP contribution in [0.1, 0.15) is 5.69 Å². The van der Waals surface area contributed by atoms with Crippen LogP contribution in [-0.2, 0) is 20.5 Å². The van der Waals surface area contributed by atoms with Crippen LogP contribution < -0.4 is 14.9 Å². The monoisotopic (exact) mass is 466 g/mol. The summed E-state index contributed by atoms with van der Waals surface area (Å²) in [6.45, 7) is 3.00. The second-order valence-electron chi connectivity index (χ2n) is 7.59. The Bertz CT molecular complexity index is 1350. The predicted molar refractivity (Wildman–Crippen MR) is 125 cm³/mol. The topological polar surface area (TPSA) is 122 Å². The van der Waals surface area contributed by atoms with E-state index in [4.69, 9.17) is 9.26 Å². The van der Waals surface area contributed by atoms with Crippen molar-refractivity contribution in [2.75, 3.05) is 41.2 Å². The van der Waals surface area contributed by atoms with Gasteiger partial charge in [0, 0.05) is 35.9 Å². The summed E-state index contributed by atoms with van der Waals surface area (Å²) in [5.41, 5.74) is 3.10. The van der Waals surface area contributed by atoms with Gasteiger partial charge in [-0.25, -0.2) is 8.42 Å². The molecule has 11 heteroatoms. The van der Waals surface area contributed by atoms with E-state index in [1.807, 2.05) is 18.2 Å². The molecule has 0 unspecified atom stereocenters. The summed E-state index contributed by atoms with van der Waals surface area (Å²) in [6, 6.07) is 16.0. The minimum Gasteiger partial charge on any atom is -0.378 e. The van der Waals surface area contributed by atoms with Crippen LogP contribution in [-0.4, -0.2) is 50.1 Å². The van der Waals surface area contributed by atoms with Crippen LogP contribution in [0.3, 0.4) is 0 Å². The van der Waals surface area contributed by atoms with Gasteiger partial charge in [0.15, 0.2) is 11.4 Å². The predicted octanol–water partition coefficient (Wildman–Crippen LogP) is 3.14. The van der Waals surface area contributed by atoms with E-state index in [0.29, 0.717) is 41.4 Å². The number of morpholine rings is 1. The summed E-state index contributed by atoms with van der Waals surface area (Å²) in [4.78, 5) is 2.19. The second kappa shape index (κ2) is 9.04. The highest BCUT2D eigenvalue weighted by Gasteiger charge is 2.18. The van der Waals surface area contributed by atoms with Crippen molar-refractivity contribution in [2.45, 2.75) is 5.75 Å². The highest BCUT2D eigenvalue weighted by molar-refractivity contribution is 7.91. The largest absolute Gasteiger partial charge is 0.378 e. The Kier molecular flexibility index (Phi) is 5.80. The minimum absolute atomic E-state index is 0.284. The zero-order valence-corrected chi connectivity index (χ0v) is 18.5. The van der Waals surface area contributed by atoms with Gasteiger partial charge in [0.05, 0.1) is 25.1 Å². The van der Waals surface area contributed by atoms with Gasteiger partial charge in [-0.3, -0.25) is 4.72 Å². The van der Waals surface area contributed by atoms with Crippen LogP contribution in [0.2, 0.25) is 0 Å². The molecule has 0 spiro atoms. The average molecular weight is 467 g/mol. The van der Waals surface area contributed by atoms with Crippen molar-refractivity contribution >= 4 is 43.9 Å². The zero-order valence-electron chi connectivity index (χ0n) is 17.6. The number of rotatable bonds is 7. The normalized spacial score (nSPS) is 14.4. The molecule has 5 rings (SSSR count). The first-order valence-electron chi connectivity index (χ1n) is 10.4. The van der Waals surface area contributed by atoms with Crippen molar-refractivity contribution in [2.24, 2.45) is 0 Å². The van der Waals surface area contributed by atoms with E-state index < -0.39 is 10.0 Å². The molecule has 1 saturated heterocycles. The molecule has 1 aliphatic rings. The summed E-state index contributed by atoms with van der Waals surface area (Å²) < 4.78 is 38.4. The number of anilines is 4. The van der Waals surface area contributed by atoms with Gasteiger partial charge in [-0.1, -0.05) is 17.3 Å². The number of hydrogen-bond donors (Lipinski definition) is 2. The van der Waals surface area contributed by atoms with E-state index >= 15 is 0 Å². The molecule has 10 nitrogen and oxygen atoms in total. The molecule has 2 aromatic carbocycles. The van der Waals surface area contributed by atoms with Crippen LogP contribution in [0.15, 0.2) is 65.3 Å². The molecular weight excluding hydrogens is 444 g/mol. The molecule has 0 atom stereocenters. The lowest BCUT2D eigenvalue weighted by atomic mass is 10.2. The highest BCUT2D eigenvalue weighted by atomic mass is 32.2. The Balaban J connectivity index is 1.24. The van der Waals surface area contributed by atoms with Crippen LogP contribution in [0.25, 0.3) is 11.0 Å². The van der Waals surface area contributed by atoms with E-state index in [9.17, 15) is 8.42 Å². The molecule has 170 valence electrons. The zero-order chi connectivity index (χ0) is 22.7. The maximum Gasteiger partial charge on any atom is 0.238 e. The molecule has 2 aromatic heterocycles. The lowest BCUT2D eigenvalue weighted by molar-refractivity contribution is 0.122. The fraction of sp³-hybridized carbons (Fsp3) is 0.227. The lowest BCUT2D eigenvalue weighted by Crippen LogP contribution is -2.36. The van der Waals surface area contributed by atoms with Crippen LogP contribution >= 0.6 is 0 Å². The number of benzene rings is 2. The maximum atomic E-state index is 12.6. The standard InChI is InChI=1S/C22H22N6O4S/c29-33(30,15-20-19-3-1-2-4-21(19)32-26-20)27-17-7-5-16(6-8-17)24-22-13-18(14-23-25-22)28-9-11-31-12-10-28/h1-8,13-14,27H,9-12,15H2,(H,24,25). The Morgan fingerprint density at radius 2 is 1.76 bits per heavy atom. The summed E-state index contributed by atoms with van der Waals surface area (Å²) in [5.74, 6) is 0.318. The smallest absolute Gasteiger partial charge is 0.238 e. The van der Waals surface area contributed by atoms with Crippen molar-refractivity contribution in [3.05, 3.63) is 66.5 Å². The van der Waals surface area contributed by atoms with Crippen molar-refractivity contribution < 1.29 is 17.7 Å². The van der Waals surface area contributed by atoms with Crippen molar-refractivity contribution in [1.29, 1.82) is 0 Å². The van der Waals surface area contributed by atoms with E-state index in [0.717, 1.165) is 24.5 Å². The van der Waals surface area contributed by atoms with Gasteiger partial charge < -0.3 is 19.5 Å². The number of hydrogen-bond acceptors (Lipinski definition) is 9. The summed E-state index contributed by atoms with van der Waals surface area (Å²) in [5, 5.41) is 16.0. The van der Waals surface area contributed by atoms with E-state index in [2.05, 4.69) is 30.3 Å². The molecule has 4 aromatic rings. The van der Waals surface area contributed by atoms with Crippen molar-refractivity contribution in [3.63, 3.8) is 0 Å². The molecule has 0 aliphatic carbocycles. The van der Waals surface area contributed by atoms with Gasteiger partial charge >= 0.3 is 0 Å². The molecule has 1 aliphatic heterocycles. The quantitative estimate of drug-likeness (QED) is 0.423. The van der Waals surface area contributed by atoms with Gasteiger partial charge in [-0.05, 0) is 36.4 Å². The van der Waals surface area contributed by atoms with Crippen LogP contribution in [0, 0.1) is 0 Å². The van der Waals surface area contributed by atoms with E-state index in [-0.39, 0.29) is 5.75 Å². The number of sulfonamides is 1. The lowest BCUT2D eigenvalue weighted by Gasteiger charge is -2.28. The third-order valence-electron chi connectivity index (χ3n) is 5.23. The molecule has 0 bridgehead atoms. The fourth-order valence-corrected chi connectivity index (χ4v) is 4.75. The molecule has 0 saturated carbocycles. The summed E-state index contributed by atoms with van der Waals surface area (Å²) in [7, 11) is -3.67. The molecule has 3 heterocycles. The molecule has 0 amide bonds. The van der Waals surface area contributed by atoms with Gasteiger partial charge in [-0.2, -0.15) is 5.10 Å². The first-order chi connectivity index (χ1) is 16.1. The molecular formula is C22H22N6O4S. The Morgan fingerprint density at radius 1 is 1.00 bits per heavy atom. The number of ether oxygens (including phenoxy) is 1. The molecule has 1 fully saturated rings. The van der Waals surface area contributed by atoms with E-state index in [1.165, 1.54) is 0 Å². The van der Waals surface area contributed by atoms with Crippen LogP contribution in [0.4, 0.5) is 22.9 Å². The van der Waals surface area contributed by atoms with Gasteiger partial charge in [-0.15, -0.1) is 5.10 Å². The van der Waals surface area contributed by atoms with Gasteiger partial charge in [0.2, 0.25) is 10.0 Å². The van der Waals surface area contributed by atoms with Crippen molar-refractivity contribution in [1.82, 2.24) is 15.4 Å². The second-order valence-corrected chi connectivity index (χ2v) is 9.31.